The van der Waals surface area contributed by atoms with E-state index in [1.165, 1.54) is 45.6 Å². The summed E-state index contributed by atoms with van der Waals surface area (Å²) in [7, 11) is 2.95. The van der Waals surface area contributed by atoms with E-state index in [4.69, 9.17) is 30.5 Å². The lowest BCUT2D eigenvalue weighted by molar-refractivity contribution is -0.122. The van der Waals surface area contributed by atoms with E-state index in [1.807, 2.05) is 6.92 Å². The maximum absolute atomic E-state index is 13.4. The minimum atomic E-state index is -0.870. The summed E-state index contributed by atoms with van der Waals surface area (Å²) in [6.45, 7) is 5.13. The first-order chi connectivity index (χ1) is 19.3. The Morgan fingerprint density at radius 3 is 2.25 bits per heavy atom. The van der Waals surface area contributed by atoms with Crippen molar-refractivity contribution in [1.29, 1.82) is 0 Å². The van der Waals surface area contributed by atoms with Crippen LogP contribution in [0.15, 0.2) is 35.9 Å². The molecule has 1 aliphatic rings. The Morgan fingerprint density at radius 2 is 1.55 bits per heavy atom. The van der Waals surface area contributed by atoms with Crippen LogP contribution in [0, 0.1) is 0 Å². The smallest absolute Gasteiger partial charge is 0.335 e. The largest absolute Gasteiger partial charge is 0.493 e. The molecule has 0 spiro atoms. The molecular formula is C30H37ClN2O7. The van der Waals surface area contributed by atoms with Crippen LogP contribution in [0.4, 0.5) is 10.5 Å². The van der Waals surface area contributed by atoms with E-state index in [0.29, 0.717) is 41.8 Å². The standard InChI is InChI=1S/C30H37ClN2O7/c1-5-7-8-9-10-11-15-40-27-23(31)17-20(18-26(27)38-4)16-22-28(34)32-30(36)33(29(22)35)21-12-13-24(39-14-6-2)25(19-21)37-3/h12-13,16-19H,5-11,14-15H2,1-4H3,(H,32,34,36)/b22-16-. The third kappa shape index (κ3) is 7.69. The van der Waals surface area contributed by atoms with Crippen molar-refractivity contribution in [2.45, 2.75) is 58.8 Å². The van der Waals surface area contributed by atoms with E-state index >= 15 is 0 Å². The minimum Gasteiger partial charge on any atom is -0.493 e. The van der Waals surface area contributed by atoms with E-state index in [2.05, 4.69) is 12.2 Å². The number of imide groups is 2. The van der Waals surface area contributed by atoms with Gasteiger partial charge >= 0.3 is 6.03 Å². The first-order valence-corrected chi connectivity index (χ1v) is 13.9. The van der Waals surface area contributed by atoms with Gasteiger partial charge in [0.1, 0.15) is 5.57 Å². The molecule has 216 valence electrons. The lowest BCUT2D eigenvalue weighted by Crippen LogP contribution is -2.54. The highest BCUT2D eigenvalue weighted by molar-refractivity contribution is 6.39. The first-order valence-electron chi connectivity index (χ1n) is 13.6. The van der Waals surface area contributed by atoms with E-state index in [-0.39, 0.29) is 16.3 Å². The monoisotopic (exact) mass is 572 g/mol. The van der Waals surface area contributed by atoms with Gasteiger partial charge in [-0.15, -0.1) is 0 Å². The molecule has 0 radical (unpaired) electrons. The van der Waals surface area contributed by atoms with Crippen LogP contribution in [-0.4, -0.2) is 45.3 Å². The Hall–Kier alpha value is -3.72. The predicted molar refractivity (Wildman–Crippen MR) is 155 cm³/mol. The molecule has 1 saturated heterocycles. The zero-order chi connectivity index (χ0) is 29.1. The number of unbranched alkanes of at least 4 members (excludes halogenated alkanes) is 5. The number of amides is 4. The number of methoxy groups -OCH3 is 2. The number of benzene rings is 2. The van der Waals surface area contributed by atoms with Crippen LogP contribution in [-0.2, 0) is 9.59 Å². The maximum Gasteiger partial charge on any atom is 0.335 e. The van der Waals surface area contributed by atoms with Gasteiger partial charge in [-0.25, -0.2) is 9.69 Å². The number of halogens is 1. The maximum atomic E-state index is 13.4. The highest BCUT2D eigenvalue weighted by Gasteiger charge is 2.37. The van der Waals surface area contributed by atoms with Gasteiger partial charge in [-0.05, 0) is 48.7 Å². The number of carbonyl (C=O) groups is 3. The van der Waals surface area contributed by atoms with E-state index in [9.17, 15) is 14.4 Å². The van der Waals surface area contributed by atoms with Crippen LogP contribution >= 0.6 is 11.6 Å². The van der Waals surface area contributed by atoms with Crippen LogP contribution in [0.1, 0.15) is 64.4 Å². The predicted octanol–water partition coefficient (Wildman–Crippen LogP) is 6.55. The number of urea groups is 1. The first kappa shape index (κ1) is 30.8. The molecule has 0 unspecified atom stereocenters. The number of ether oxygens (including phenoxy) is 4. The molecule has 9 nitrogen and oxygen atoms in total. The summed E-state index contributed by atoms with van der Waals surface area (Å²) in [4.78, 5) is 39.6. The highest BCUT2D eigenvalue weighted by Crippen LogP contribution is 2.38. The van der Waals surface area contributed by atoms with Gasteiger partial charge in [0.25, 0.3) is 11.8 Å². The molecule has 40 heavy (non-hydrogen) atoms. The Balaban J connectivity index is 1.82. The molecular weight excluding hydrogens is 536 g/mol. The fraction of sp³-hybridized carbons (Fsp3) is 0.433. The van der Waals surface area contributed by atoms with Gasteiger partial charge in [0.15, 0.2) is 23.0 Å². The number of hydrogen-bond acceptors (Lipinski definition) is 7. The van der Waals surface area contributed by atoms with Crippen LogP contribution < -0.4 is 29.2 Å². The molecule has 0 aliphatic carbocycles. The number of hydrogen-bond donors (Lipinski definition) is 1. The Labute approximate surface area is 240 Å². The van der Waals surface area contributed by atoms with Crippen LogP contribution in [0.25, 0.3) is 6.08 Å². The lowest BCUT2D eigenvalue weighted by atomic mass is 10.1. The van der Waals surface area contributed by atoms with Crippen LogP contribution in [0.3, 0.4) is 0 Å². The van der Waals surface area contributed by atoms with Crippen molar-refractivity contribution in [3.05, 3.63) is 46.5 Å². The van der Waals surface area contributed by atoms with Gasteiger partial charge in [-0.3, -0.25) is 14.9 Å². The van der Waals surface area contributed by atoms with Crippen LogP contribution in [0.2, 0.25) is 5.02 Å². The summed E-state index contributed by atoms with van der Waals surface area (Å²) < 4.78 is 22.4. The lowest BCUT2D eigenvalue weighted by Gasteiger charge is -2.27. The van der Waals surface area contributed by atoms with E-state index in [1.54, 1.807) is 24.3 Å². The molecule has 0 bridgehead atoms. The summed E-state index contributed by atoms with van der Waals surface area (Å²) in [5, 5.41) is 2.50. The molecule has 2 aromatic carbocycles. The summed E-state index contributed by atoms with van der Waals surface area (Å²) in [6.07, 6.45) is 8.93. The van der Waals surface area contributed by atoms with Crippen molar-refractivity contribution in [3.63, 3.8) is 0 Å². The minimum absolute atomic E-state index is 0.218. The number of nitrogens with zero attached hydrogens (tertiary/aromatic N) is 1. The molecule has 1 N–H and O–H groups in total. The number of anilines is 1. The fourth-order valence-electron chi connectivity index (χ4n) is 4.21. The second kappa shape index (κ2) is 15.2. The van der Waals surface area contributed by atoms with Gasteiger partial charge < -0.3 is 18.9 Å². The van der Waals surface area contributed by atoms with E-state index in [0.717, 1.165) is 30.6 Å². The average Bonchev–Trinajstić information content (AvgIpc) is 2.94. The Kier molecular flexibility index (Phi) is 11.7. The summed E-state index contributed by atoms with van der Waals surface area (Å²) in [5.74, 6) is -0.0218. The molecule has 1 fully saturated rings. The molecule has 0 aromatic heterocycles. The molecule has 1 heterocycles. The molecule has 0 atom stereocenters. The van der Waals surface area contributed by atoms with Crippen molar-refractivity contribution in [3.8, 4) is 23.0 Å². The van der Waals surface area contributed by atoms with Gasteiger partial charge in [0, 0.05) is 6.07 Å². The van der Waals surface area contributed by atoms with Crippen LogP contribution in [0.5, 0.6) is 23.0 Å². The van der Waals surface area contributed by atoms with Gasteiger partial charge in [0.2, 0.25) is 0 Å². The molecule has 0 saturated carbocycles. The quantitative estimate of drug-likeness (QED) is 0.147. The third-order valence-corrected chi connectivity index (χ3v) is 6.56. The highest BCUT2D eigenvalue weighted by atomic mass is 35.5. The molecule has 10 heteroatoms. The van der Waals surface area contributed by atoms with E-state index < -0.39 is 17.8 Å². The van der Waals surface area contributed by atoms with Crippen molar-refractivity contribution in [2.75, 3.05) is 32.3 Å². The normalized spacial score (nSPS) is 14.4. The topological polar surface area (TPSA) is 103 Å². The number of rotatable bonds is 15. The van der Waals surface area contributed by atoms with Crippen molar-refractivity contribution in [2.24, 2.45) is 0 Å². The second-order valence-corrected chi connectivity index (χ2v) is 9.70. The van der Waals surface area contributed by atoms with Gasteiger partial charge in [0.05, 0.1) is 38.1 Å². The Morgan fingerprint density at radius 1 is 0.825 bits per heavy atom. The molecule has 3 rings (SSSR count). The number of carbonyl (C=O) groups excluding carboxylic acids is 3. The zero-order valence-electron chi connectivity index (χ0n) is 23.5. The number of barbiturate groups is 1. The third-order valence-electron chi connectivity index (χ3n) is 6.28. The molecule has 1 aliphatic heterocycles. The Bertz CT molecular complexity index is 1240. The molecule has 4 amide bonds. The van der Waals surface area contributed by atoms with Crippen molar-refractivity contribution < 1.29 is 33.3 Å². The number of nitrogens with one attached hydrogen (secondary N) is 1. The van der Waals surface area contributed by atoms with Gasteiger partial charge in [-0.2, -0.15) is 0 Å². The second-order valence-electron chi connectivity index (χ2n) is 9.29. The van der Waals surface area contributed by atoms with Gasteiger partial charge in [-0.1, -0.05) is 57.6 Å². The zero-order valence-corrected chi connectivity index (χ0v) is 24.3. The molecule has 2 aromatic rings. The summed E-state index contributed by atoms with van der Waals surface area (Å²) >= 11 is 6.51. The fourth-order valence-corrected chi connectivity index (χ4v) is 4.48. The SMILES string of the molecule is CCCCCCCCOc1c(Cl)cc(/C=C2/C(=O)NC(=O)N(c3ccc(OCCC)c(OC)c3)C2=O)cc1OC. The van der Waals surface area contributed by atoms with Crippen molar-refractivity contribution >= 4 is 41.2 Å². The van der Waals surface area contributed by atoms with Crippen molar-refractivity contribution in [1.82, 2.24) is 5.32 Å². The summed E-state index contributed by atoms with van der Waals surface area (Å²) in [6, 6.07) is 7.00. The average molecular weight is 573 g/mol. The summed E-state index contributed by atoms with van der Waals surface area (Å²) in [5.41, 5.74) is 0.404.